The number of aliphatic imine (C=N–C) groups is 1. The number of hydrogen-bond donors (Lipinski definition) is 3. The monoisotopic (exact) mass is 290 g/mol. The highest BCUT2D eigenvalue weighted by Gasteiger charge is 2.39. The van der Waals surface area contributed by atoms with Crippen LogP contribution in [0, 0.1) is 0 Å². The van der Waals surface area contributed by atoms with Crippen molar-refractivity contribution < 1.29 is 14.7 Å². The minimum Gasteiger partial charge on any atom is -0.465 e. The number of guanidine groups is 1. The first-order valence-corrected chi connectivity index (χ1v) is 6.60. The molecule has 2 rings (SSSR count). The maximum atomic E-state index is 12.2. The van der Waals surface area contributed by atoms with Gasteiger partial charge in [0.2, 0.25) is 11.9 Å². The molecule has 4 N–H and O–H groups in total. The fourth-order valence-corrected chi connectivity index (χ4v) is 2.41. The second kappa shape index (κ2) is 5.43. The zero-order valence-electron chi connectivity index (χ0n) is 12.0. The van der Waals surface area contributed by atoms with E-state index in [-0.39, 0.29) is 18.3 Å². The first-order valence-electron chi connectivity index (χ1n) is 6.60. The number of rotatable bonds is 2. The quantitative estimate of drug-likeness (QED) is 0.714. The van der Waals surface area contributed by atoms with Gasteiger partial charge in [-0.3, -0.25) is 15.0 Å². The first-order chi connectivity index (χ1) is 9.88. The number of nitrogens with two attached hydrogens (primary N) is 1. The topological polar surface area (TPSA) is 108 Å². The number of amides is 2. The third-order valence-electron chi connectivity index (χ3n) is 3.68. The van der Waals surface area contributed by atoms with E-state index >= 15 is 0 Å². The van der Waals surface area contributed by atoms with Gasteiger partial charge < -0.3 is 10.8 Å². The van der Waals surface area contributed by atoms with Crippen LogP contribution in [0.15, 0.2) is 29.3 Å². The van der Waals surface area contributed by atoms with Crippen LogP contribution in [-0.4, -0.2) is 35.0 Å². The molecule has 0 bridgehead atoms. The fraction of sp³-hybridized carbons (Fsp3) is 0.357. The van der Waals surface area contributed by atoms with E-state index in [0.29, 0.717) is 12.1 Å². The second-order valence-corrected chi connectivity index (χ2v) is 5.01. The SMILES string of the molecule is CC[C@@]1(c2cccc(N)c2)CC(=O)N(C)C(NC(=O)O)=N1. The number of hydrogen-bond acceptors (Lipinski definition) is 4. The second-order valence-electron chi connectivity index (χ2n) is 5.01. The Labute approximate surface area is 122 Å². The van der Waals surface area contributed by atoms with Crippen molar-refractivity contribution >= 4 is 23.6 Å². The van der Waals surface area contributed by atoms with Gasteiger partial charge in [0, 0.05) is 12.7 Å². The summed E-state index contributed by atoms with van der Waals surface area (Å²) < 4.78 is 0. The van der Waals surface area contributed by atoms with Crippen molar-refractivity contribution in [2.75, 3.05) is 12.8 Å². The average molecular weight is 290 g/mol. The predicted molar refractivity (Wildman–Crippen MR) is 78.8 cm³/mol. The molecule has 0 unspecified atom stereocenters. The summed E-state index contributed by atoms with van der Waals surface area (Å²) in [5.74, 6) is -0.166. The number of nitrogens with one attached hydrogen (secondary N) is 1. The number of nitrogen functional groups attached to an aromatic ring is 1. The van der Waals surface area contributed by atoms with Crippen LogP contribution in [0.2, 0.25) is 0 Å². The van der Waals surface area contributed by atoms with Crippen LogP contribution in [0.4, 0.5) is 10.5 Å². The van der Waals surface area contributed by atoms with Gasteiger partial charge in [0.15, 0.2) is 0 Å². The molecule has 1 aromatic rings. The lowest BCUT2D eigenvalue weighted by Gasteiger charge is -2.36. The Morgan fingerprint density at radius 2 is 2.29 bits per heavy atom. The third-order valence-corrected chi connectivity index (χ3v) is 3.68. The van der Waals surface area contributed by atoms with Crippen LogP contribution in [0.5, 0.6) is 0 Å². The predicted octanol–water partition coefficient (Wildman–Crippen LogP) is 1.36. The summed E-state index contributed by atoms with van der Waals surface area (Å²) in [5, 5.41) is 11.1. The lowest BCUT2D eigenvalue weighted by molar-refractivity contribution is -0.128. The molecular formula is C14H18N4O3. The number of carbonyl (C=O) groups is 2. The van der Waals surface area contributed by atoms with Crippen LogP contribution in [0.1, 0.15) is 25.3 Å². The van der Waals surface area contributed by atoms with Gasteiger partial charge in [-0.1, -0.05) is 19.1 Å². The molecule has 0 fully saturated rings. The van der Waals surface area contributed by atoms with Crippen LogP contribution >= 0.6 is 0 Å². The Morgan fingerprint density at radius 1 is 1.57 bits per heavy atom. The molecule has 1 atom stereocenters. The van der Waals surface area contributed by atoms with Crippen LogP contribution < -0.4 is 11.1 Å². The molecule has 2 amide bonds. The molecule has 0 saturated heterocycles. The Morgan fingerprint density at radius 3 is 2.86 bits per heavy atom. The number of carboxylic acid groups (broad SMARTS) is 1. The number of carbonyl (C=O) groups excluding carboxylic acids is 1. The Kier molecular flexibility index (Phi) is 3.84. The highest BCUT2D eigenvalue weighted by molar-refractivity contribution is 6.04. The minimum atomic E-state index is -1.26. The summed E-state index contributed by atoms with van der Waals surface area (Å²) in [5.41, 5.74) is 6.39. The van der Waals surface area contributed by atoms with Crippen molar-refractivity contribution in [3.63, 3.8) is 0 Å². The van der Waals surface area contributed by atoms with Gasteiger partial charge in [-0.2, -0.15) is 0 Å². The maximum Gasteiger partial charge on any atom is 0.411 e. The fourth-order valence-electron chi connectivity index (χ4n) is 2.41. The number of benzene rings is 1. The van der Waals surface area contributed by atoms with E-state index in [1.165, 1.54) is 11.9 Å². The lowest BCUT2D eigenvalue weighted by atomic mass is 9.83. The molecular weight excluding hydrogens is 272 g/mol. The number of anilines is 1. The normalized spacial score (nSPS) is 21.9. The molecule has 7 heteroatoms. The van der Waals surface area contributed by atoms with Crippen molar-refractivity contribution in [3.8, 4) is 0 Å². The molecule has 112 valence electrons. The molecule has 0 saturated carbocycles. The maximum absolute atomic E-state index is 12.2. The molecule has 0 spiro atoms. The van der Waals surface area contributed by atoms with Crippen molar-refractivity contribution in [2.24, 2.45) is 4.99 Å². The first kappa shape index (κ1) is 14.8. The van der Waals surface area contributed by atoms with E-state index in [9.17, 15) is 9.59 Å². The van der Waals surface area contributed by atoms with Crippen LogP contribution in [0.25, 0.3) is 0 Å². The zero-order valence-corrected chi connectivity index (χ0v) is 12.0. The summed E-state index contributed by atoms with van der Waals surface area (Å²) >= 11 is 0. The van der Waals surface area contributed by atoms with Crippen LogP contribution in [0.3, 0.4) is 0 Å². The van der Waals surface area contributed by atoms with Gasteiger partial charge in [0.1, 0.15) is 0 Å². The van der Waals surface area contributed by atoms with Crippen molar-refractivity contribution in [1.29, 1.82) is 0 Å². The molecule has 21 heavy (non-hydrogen) atoms. The Hall–Kier alpha value is -2.57. The standard InChI is InChI=1S/C14H18N4O3/c1-3-14(9-5-4-6-10(15)7-9)8-11(19)18(2)12(17-14)16-13(20)21/h4-7H,3,8,15H2,1-2H3,(H,16,17)(H,20,21)/t14-/m0/s1. The molecule has 1 aliphatic heterocycles. The molecule has 1 aliphatic rings. The van der Waals surface area contributed by atoms with Gasteiger partial charge in [0.25, 0.3) is 0 Å². The van der Waals surface area contributed by atoms with Gasteiger partial charge in [-0.25, -0.2) is 9.79 Å². The summed E-state index contributed by atoms with van der Waals surface area (Å²) in [7, 11) is 1.50. The van der Waals surface area contributed by atoms with E-state index in [1.807, 2.05) is 13.0 Å². The summed E-state index contributed by atoms with van der Waals surface area (Å²) in [6, 6.07) is 7.17. The third kappa shape index (κ3) is 2.81. The smallest absolute Gasteiger partial charge is 0.411 e. The average Bonchev–Trinajstić information content (AvgIpc) is 2.43. The molecule has 7 nitrogen and oxygen atoms in total. The van der Waals surface area contributed by atoms with E-state index in [1.54, 1.807) is 18.2 Å². The van der Waals surface area contributed by atoms with E-state index in [4.69, 9.17) is 10.8 Å². The minimum absolute atomic E-state index is 0.0306. The molecule has 0 radical (unpaired) electrons. The lowest BCUT2D eigenvalue weighted by Crippen LogP contribution is -2.51. The summed E-state index contributed by atoms with van der Waals surface area (Å²) in [4.78, 5) is 28.8. The van der Waals surface area contributed by atoms with Gasteiger partial charge in [-0.15, -0.1) is 0 Å². The Bertz CT molecular complexity index is 614. The van der Waals surface area contributed by atoms with Crippen molar-refractivity contribution in [1.82, 2.24) is 10.2 Å². The Balaban J connectivity index is 2.53. The van der Waals surface area contributed by atoms with Gasteiger partial charge in [-0.05, 0) is 24.1 Å². The van der Waals surface area contributed by atoms with E-state index < -0.39 is 11.6 Å². The highest BCUT2D eigenvalue weighted by atomic mass is 16.4. The molecule has 0 aliphatic carbocycles. The molecule has 1 heterocycles. The summed E-state index contributed by atoms with van der Waals surface area (Å²) in [6.07, 6.45) is -0.525. The van der Waals surface area contributed by atoms with Gasteiger partial charge >= 0.3 is 6.09 Å². The molecule has 1 aromatic carbocycles. The van der Waals surface area contributed by atoms with Gasteiger partial charge in [0.05, 0.1) is 12.0 Å². The highest BCUT2D eigenvalue weighted by Crippen LogP contribution is 2.37. The zero-order chi connectivity index (χ0) is 15.6. The van der Waals surface area contributed by atoms with E-state index in [2.05, 4.69) is 10.3 Å². The van der Waals surface area contributed by atoms with Crippen molar-refractivity contribution in [3.05, 3.63) is 29.8 Å². The molecule has 0 aromatic heterocycles. The van der Waals surface area contributed by atoms with Crippen LogP contribution in [-0.2, 0) is 10.3 Å². The van der Waals surface area contributed by atoms with E-state index in [0.717, 1.165) is 5.56 Å². The summed E-state index contributed by atoms with van der Waals surface area (Å²) in [6.45, 7) is 1.91. The largest absolute Gasteiger partial charge is 0.465 e. The number of nitrogens with zero attached hydrogens (tertiary/aromatic N) is 2. The van der Waals surface area contributed by atoms with Crippen molar-refractivity contribution in [2.45, 2.75) is 25.3 Å².